The van der Waals surface area contributed by atoms with E-state index in [0.717, 1.165) is 12.5 Å². The number of piperidine rings is 1. The summed E-state index contributed by atoms with van der Waals surface area (Å²) < 4.78 is 39.3. The Morgan fingerprint density at radius 1 is 1.47 bits per heavy atom. The van der Waals surface area contributed by atoms with Crippen molar-refractivity contribution in [1.29, 1.82) is 0 Å². The summed E-state index contributed by atoms with van der Waals surface area (Å²) in [5.41, 5.74) is 0. The summed E-state index contributed by atoms with van der Waals surface area (Å²) in [7, 11) is -3.67. The predicted molar refractivity (Wildman–Crippen MR) is 69.6 cm³/mol. The Morgan fingerprint density at radius 3 is 2.84 bits per heavy atom. The zero-order chi connectivity index (χ0) is 14.0. The first-order chi connectivity index (χ1) is 8.95. The van der Waals surface area contributed by atoms with Crippen LogP contribution in [0.15, 0.2) is 29.2 Å². The van der Waals surface area contributed by atoms with Crippen LogP contribution in [0.2, 0.25) is 0 Å². The molecule has 4 nitrogen and oxygen atoms in total. The molecular weight excluding hydrogens is 269 g/mol. The Morgan fingerprint density at radius 2 is 2.21 bits per heavy atom. The van der Waals surface area contributed by atoms with E-state index in [9.17, 15) is 17.9 Å². The topological polar surface area (TPSA) is 57.6 Å². The molecule has 0 spiro atoms. The lowest BCUT2D eigenvalue weighted by atomic mass is 9.94. The average Bonchev–Trinajstić information content (AvgIpc) is 2.39. The van der Waals surface area contributed by atoms with Gasteiger partial charge in [0.05, 0.1) is 11.0 Å². The Bertz CT molecular complexity index is 547. The molecule has 1 aliphatic heterocycles. The molecular formula is C13H18FNO3S. The Balaban J connectivity index is 2.25. The monoisotopic (exact) mass is 287 g/mol. The molecule has 0 aliphatic carbocycles. The van der Waals surface area contributed by atoms with E-state index in [0.29, 0.717) is 6.42 Å². The highest BCUT2D eigenvalue weighted by atomic mass is 32.2. The SMILES string of the molecule is CCC1CN(S(=O)(=O)c2cccc(F)c2)CCC1O. The maximum absolute atomic E-state index is 13.1. The summed E-state index contributed by atoms with van der Waals surface area (Å²) in [6.07, 6.45) is 0.688. The van der Waals surface area contributed by atoms with Crippen molar-refractivity contribution in [1.82, 2.24) is 4.31 Å². The summed E-state index contributed by atoms with van der Waals surface area (Å²) in [5.74, 6) is -0.623. The number of aliphatic hydroxyl groups excluding tert-OH is 1. The molecule has 1 N–H and O–H groups in total. The summed E-state index contributed by atoms with van der Waals surface area (Å²) in [4.78, 5) is -0.0289. The minimum atomic E-state index is -3.67. The maximum atomic E-state index is 13.1. The predicted octanol–water partition coefficient (Wildman–Crippen LogP) is 1.61. The summed E-state index contributed by atoms with van der Waals surface area (Å²) in [6.45, 7) is 2.49. The Kier molecular flexibility index (Phi) is 4.23. The molecule has 19 heavy (non-hydrogen) atoms. The number of sulfonamides is 1. The smallest absolute Gasteiger partial charge is 0.243 e. The van der Waals surface area contributed by atoms with Gasteiger partial charge in [-0.3, -0.25) is 0 Å². The van der Waals surface area contributed by atoms with Gasteiger partial charge in [-0.2, -0.15) is 4.31 Å². The van der Waals surface area contributed by atoms with Crippen molar-refractivity contribution >= 4 is 10.0 Å². The fourth-order valence-corrected chi connectivity index (χ4v) is 3.93. The van der Waals surface area contributed by atoms with Gasteiger partial charge in [0.1, 0.15) is 5.82 Å². The van der Waals surface area contributed by atoms with Gasteiger partial charge in [-0.05, 0) is 37.0 Å². The summed E-state index contributed by atoms with van der Waals surface area (Å²) in [5, 5.41) is 9.79. The highest BCUT2D eigenvalue weighted by Gasteiger charge is 2.33. The molecule has 1 fully saturated rings. The molecule has 1 aliphatic rings. The third-order valence-electron chi connectivity index (χ3n) is 3.61. The molecule has 6 heteroatoms. The number of hydrogen-bond donors (Lipinski definition) is 1. The molecule has 1 aromatic rings. The molecule has 2 atom stereocenters. The van der Waals surface area contributed by atoms with Gasteiger partial charge in [0.15, 0.2) is 0 Å². The van der Waals surface area contributed by atoms with Crippen LogP contribution in [0.25, 0.3) is 0 Å². The minimum absolute atomic E-state index is 0.0289. The molecule has 0 amide bonds. The lowest BCUT2D eigenvalue weighted by Crippen LogP contribution is -2.45. The quantitative estimate of drug-likeness (QED) is 0.919. The fourth-order valence-electron chi connectivity index (χ4n) is 2.38. The molecule has 0 saturated carbocycles. The lowest BCUT2D eigenvalue weighted by Gasteiger charge is -2.34. The number of nitrogens with zero attached hydrogens (tertiary/aromatic N) is 1. The highest BCUT2D eigenvalue weighted by molar-refractivity contribution is 7.89. The van der Waals surface area contributed by atoms with Gasteiger partial charge in [0, 0.05) is 13.1 Å². The van der Waals surface area contributed by atoms with Crippen LogP contribution in [0.4, 0.5) is 4.39 Å². The zero-order valence-corrected chi connectivity index (χ0v) is 11.6. The van der Waals surface area contributed by atoms with E-state index < -0.39 is 21.9 Å². The second kappa shape index (κ2) is 5.56. The largest absolute Gasteiger partial charge is 0.393 e. The van der Waals surface area contributed by atoms with Crippen molar-refractivity contribution in [3.05, 3.63) is 30.1 Å². The Labute approximate surface area is 112 Å². The fraction of sp³-hybridized carbons (Fsp3) is 0.538. The number of rotatable bonds is 3. The van der Waals surface area contributed by atoms with Crippen LogP contribution in [0.3, 0.4) is 0 Å². The minimum Gasteiger partial charge on any atom is -0.393 e. The number of aliphatic hydroxyl groups is 1. The third-order valence-corrected chi connectivity index (χ3v) is 5.48. The van der Waals surface area contributed by atoms with Crippen LogP contribution in [0.5, 0.6) is 0 Å². The van der Waals surface area contributed by atoms with Gasteiger partial charge in [0.2, 0.25) is 10.0 Å². The molecule has 0 aromatic heterocycles. The Hall–Kier alpha value is -0.980. The van der Waals surface area contributed by atoms with Gasteiger partial charge in [-0.15, -0.1) is 0 Å². The van der Waals surface area contributed by atoms with Gasteiger partial charge in [0.25, 0.3) is 0 Å². The molecule has 2 unspecified atom stereocenters. The number of benzene rings is 1. The third kappa shape index (κ3) is 2.96. The van der Waals surface area contributed by atoms with Crippen molar-refractivity contribution in [2.75, 3.05) is 13.1 Å². The second-order valence-corrected chi connectivity index (χ2v) is 6.78. The van der Waals surface area contributed by atoms with E-state index in [1.54, 1.807) is 0 Å². The summed E-state index contributed by atoms with van der Waals surface area (Å²) in [6, 6.07) is 5.03. The van der Waals surface area contributed by atoms with Crippen LogP contribution in [0, 0.1) is 11.7 Å². The van der Waals surface area contributed by atoms with Crippen molar-refractivity contribution < 1.29 is 17.9 Å². The van der Waals surface area contributed by atoms with Gasteiger partial charge >= 0.3 is 0 Å². The van der Waals surface area contributed by atoms with Crippen LogP contribution in [0.1, 0.15) is 19.8 Å². The first kappa shape index (κ1) is 14.4. The van der Waals surface area contributed by atoms with E-state index in [4.69, 9.17) is 0 Å². The average molecular weight is 287 g/mol. The molecule has 106 valence electrons. The van der Waals surface area contributed by atoms with E-state index in [1.165, 1.54) is 22.5 Å². The molecule has 0 bridgehead atoms. The number of halogens is 1. The molecule has 1 aromatic carbocycles. The zero-order valence-electron chi connectivity index (χ0n) is 10.8. The number of hydrogen-bond acceptors (Lipinski definition) is 3. The van der Waals surface area contributed by atoms with E-state index in [1.807, 2.05) is 6.92 Å². The van der Waals surface area contributed by atoms with Gasteiger partial charge < -0.3 is 5.11 Å². The maximum Gasteiger partial charge on any atom is 0.243 e. The van der Waals surface area contributed by atoms with Crippen molar-refractivity contribution in [3.63, 3.8) is 0 Å². The highest BCUT2D eigenvalue weighted by Crippen LogP contribution is 2.25. The summed E-state index contributed by atoms with van der Waals surface area (Å²) >= 11 is 0. The molecule has 2 rings (SSSR count). The van der Waals surface area contributed by atoms with Gasteiger partial charge in [-0.25, -0.2) is 12.8 Å². The van der Waals surface area contributed by atoms with Crippen LogP contribution >= 0.6 is 0 Å². The van der Waals surface area contributed by atoms with E-state index in [-0.39, 0.29) is 23.9 Å². The van der Waals surface area contributed by atoms with Crippen LogP contribution in [-0.4, -0.2) is 37.0 Å². The van der Waals surface area contributed by atoms with Crippen LogP contribution < -0.4 is 0 Å². The van der Waals surface area contributed by atoms with Crippen LogP contribution in [-0.2, 0) is 10.0 Å². The van der Waals surface area contributed by atoms with E-state index >= 15 is 0 Å². The normalized spacial score (nSPS) is 25.4. The van der Waals surface area contributed by atoms with Crippen molar-refractivity contribution in [2.45, 2.75) is 30.8 Å². The van der Waals surface area contributed by atoms with Gasteiger partial charge in [-0.1, -0.05) is 13.0 Å². The molecule has 1 saturated heterocycles. The lowest BCUT2D eigenvalue weighted by molar-refractivity contribution is 0.0520. The first-order valence-electron chi connectivity index (χ1n) is 6.39. The molecule has 0 radical (unpaired) electrons. The second-order valence-electron chi connectivity index (χ2n) is 4.84. The van der Waals surface area contributed by atoms with E-state index in [2.05, 4.69) is 0 Å². The van der Waals surface area contributed by atoms with Crippen molar-refractivity contribution in [2.24, 2.45) is 5.92 Å². The van der Waals surface area contributed by atoms with Crippen molar-refractivity contribution in [3.8, 4) is 0 Å². The first-order valence-corrected chi connectivity index (χ1v) is 7.83. The standard InChI is InChI=1S/C13H18FNO3S/c1-2-10-9-15(7-6-13(10)16)19(17,18)12-5-3-4-11(14)8-12/h3-5,8,10,13,16H,2,6-7,9H2,1H3. The molecule has 1 heterocycles.